The van der Waals surface area contributed by atoms with Crippen LogP contribution in [0.25, 0.3) is 0 Å². The molecule has 0 bridgehead atoms. The molecule has 1 aliphatic heterocycles. The molecular formula is C23H33IN4O2S. The van der Waals surface area contributed by atoms with Crippen LogP contribution in [0.15, 0.2) is 64.5 Å². The van der Waals surface area contributed by atoms with E-state index in [1.807, 2.05) is 6.07 Å². The highest BCUT2D eigenvalue weighted by Gasteiger charge is 2.15. The molecule has 0 aliphatic carbocycles. The van der Waals surface area contributed by atoms with Gasteiger partial charge in [-0.25, -0.2) is 8.42 Å². The molecule has 8 heteroatoms. The van der Waals surface area contributed by atoms with Crippen molar-refractivity contribution in [1.29, 1.82) is 0 Å². The van der Waals surface area contributed by atoms with Crippen LogP contribution >= 0.6 is 24.0 Å². The lowest BCUT2D eigenvalue weighted by Gasteiger charge is -2.22. The largest absolute Gasteiger partial charge is 0.372 e. The molecule has 1 unspecified atom stereocenters. The number of rotatable bonds is 8. The molecule has 3 rings (SSSR count). The minimum absolute atomic E-state index is 0. The molecule has 31 heavy (non-hydrogen) atoms. The van der Waals surface area contributed by atoms with Gasteiger partial charge in [0.15, 0.2) is 15.8 Å². The Morgan fingerprint density at radius 2 is 1.81 bits per heavy atom. The third kappa shape index (κ3) is 7.38. The first kappa shape index (κ1) is 25.5. The van der Waals surface area contributed by atoms with Crippen LogP contribution in [0, 0.1) is 0 Å². The summed E-state index contributed by atoms with van der Waals surface area (Å²) in [6.07, 6.45) is 3.03. The van der Waals surface area contributed by atoms with Crippen LogP contribution in [0.3, 0.4) is 0 Å². The number of nitrogens with one attached hydrogen (secondary N) is 2. The van der Waals surface area contributed by atoms with Gasteiger partial charge in [-0.15, -0.1) is 24.0 Å². The molecule has 2 aromatic rings. The molecule has 1 aliphatic rings. The first-order valence-corrected chi connectivity index (χ1v) is 12.2. The minimum Gasteiger partial charge on any atom is -0.372 e. The Hall–Kier alpha value is -1.81. The highest BCUT2D eigenvalue weighted by molar-refractivity contribution is 14.0. The molecule has 2 N–H and O–H groups in total. The van der Waals surface area contributed by atoms with Crippen molar-refractivity contribution >= 4 is 45.5 Å². The van der Waals surface area contributed by atoms with E-state index in [0.717, 1.165) is 13.1 Å². The summed E-state index contributed by atoms with van der Waals surface area (Å²) in [6.45, 7) is 4.89. The summed E-state index contributed by atoms with van der Waals surface area (Å²) >= 11 is 0. The minimum atomic E-state index is -3.25. The second-order valence-electron chi connectivity index (χ2n) is 7.64. The number of nitrogens with zero attached hydrogens (tertiary/aromatic N) is 2. The van der Waals surface area contributed by atoms with Crippen LogP contribution < -0.4 is 15.5 Å². The lowest BCUT2D eigenvalue weighted by molar-refractivity contribution is 0.592. The predicted octanol–water partition coefficient (Wildman–Crippen LogP) is 3.99. The molecule has 170 valence electrons. The van der Waals surface area contributed by atoms with Crippen LogP contribution in [0.4, 0.5) is 5.69 Å². The average molecular weight is 557 g/mol. The van der Waals surface area contributed by atoms with Crippen molar-refractivity contribution < 1.29 is 8.42 Å². The van der Waals surface area contributed by atoms with Crippen LogP contribution in [0.1, 0.15) is 37.8 Å². The van der Waals surface area contributed by atoms with Gasteiger partial charge in [-0.3, -0.25) is 4.99 Å². The number of sulfone groups is 1. The van der Waals surface area contributed by atoms with Crippen molar-refractivity contribution in [1.82, 2.24) is 10.6 Å². The smallest absolute Gasteiger partial charge is 0.191 e. The van der Waals surface area contributed by atoms with E-state index >= 15 is 0 Å². The third-order valence-corrected chi connectivity index (χ3v) is 7.22. The number of halogens is 1. The predicted molar refractivity (Wildman–Crippen MR) is 139 cm³/mol. The van der Waals surface area contributed by atoms with E-state index in [2.05, 4.69) is 51.7 Å². The maximum atomic E-state index is 12.4. The quantitative estimate of drug-likeness (QED) is 0.223. The molecule has 0 spiro atoms. The molecule has 0 amide bonds. The molecular weight excluding hydrogens is 523 g/mol. The lowest BCUT2D eigenvalue weighted by atomic mass is 10.1. The highest BCUT2D eigenvalue weighted by Crippen LogP contribution is 2.23. The topological polar surface area (TPSA) is 73.8 Å². The monoisotopic (exact) mass is 556 g/mol. The van der Waals surface area contributed by atoms with E-state index in [4.69, 9.17) is 0 Å². The summed E-state index contributed by atoms with van der Waals surface area (Å²) < 4.78 is 24.7. The lowest BCUT2D eigenvalue weighted by Crippen LogP contribution is -2.39. The Labute approximate surface area is 203 Å². The van der Waals surface area contributed by atoms with Crippen LogP contribution in [0.2, 0.25) is 0 Å². The number of anilines is 1. The van der Waals surface area contributed by atoms with E-state index < -0.39 is 9.84 Å². The molecule has 1 heterocycles. The second-order valence-corrected chi connectivity index (χ2v) is 9.75. The fourth-order valence-corrected chi connectivity index (χ4v) is 5.00. The van der Waals surface area contributed by atoms with Gasteiger partial charge in [-0.2, -0.15) is 0 Å². The summed E-state index contributed by atoms with van der Waals surface area (Å²) in [7, 11) is -1.52. The summed E-state index contributed by atoms with van der Waals surface area (Å²) in [5, 5.41) is 6.63. The number of guanidine groups is 1. The summed E-state index contributed by atoms with van der Waals surface area (Å²) in [5.74, 6) is 0.778. The first-order chi connectivity index (χ1) is 14.5. The molecule has 0 aromatic heterocycles. The van der Waals surface area contributed by atoms with Crippen LogP contribution in [-0.2, 0) is 9.84 Å². The fraction of sp³-hybridized carbons (Fsp3) is 0.435. The van der Waals surface area contributed by atoms with Crippen molar-refractivity contribution in [2.45, 2.75) is 37.1 Å². The van der Waals surface area contributed by atoms with Crippen LogP contribution in [0.5, 0.6) is 0 Å². The Kier molecular flexibility index (Phi) is 10.1. The van der Waals surface area contributed by atoms with Crippen molar-refractivity contribution in [3.63, 3.8) is 0 Å². The third-order valence-electron chi connectivity index (χ3n) is 5.40. The Morgan fingerprint density at radius 1 is 1.10 bits per heavy atom. The molecule has 6 nitrogen and oxygen atoms in total. The summed E-state index contributed by atoms with van der Waals surface area (Å²) in [6, 6.07) is 17.3. The van der Waals surface area contributed by atoms with E-state index in [0.29, 0.717) is 23.8 Å². The van der Waals surface area contributed by atoms with Gasteiger partial charge in [0, 0.05) is 32.4 Å². The Balaban J connectivity index is 0.00000341. The molecule has 1 saturated heterocycles. The maximum absolute atomic E-state index is 12.4. The normalized spacial score (nSPS) is 15.3. The number of benzene rings is 2. The van der Waals surface area contributed by atoms with Crippen molar-refractivity contribution in [2.24, 2.45) is 4.99 Å². The van der Waals surface area contributed by atoms with Gasteiger partial charge in [-0.05, 0) is 56.0 Å². The summed E-state index contributed by atoms with van der Waals surface area (Å²) in [4.78, 5) is 7.08. The average Bonchev–Trinajstić information content (AvgIpc) is 3.31. The summed E-state index contributed by atoms with van der Waals surface area (Å²) in [5.41, 5.74) is 2.47. The van der Waals surface area contributed by atoms with Gasteiger partial charge >= 0.3 is 0 Å². The first-order valence-electron chi connectivity index (χ1n) is 10.6. The molecule has 2 aromatic carbocycles. The highest BCUT2D eigenvalue weighted by atomic mass is 127. The van der Waals surface area contributed by atoms with E-state index in [1.54, 1.807) is 31.3 Å². The number of hydrogen-bond donors (Lipinski definition) is 2. The van der Waals surface area contributed by atoms with Crippen molar-refractivity contribution in [2.75, 3.05) is 37.3 Å². The molecule has 1 fully saturated rings. The molecule has 0 radical (unpaired) electrons. The molecule has 1 atom stereocenters. The van der Waals surface area contributed by atoms with Gasteiger partial charge in [0.2, 0.25) is 0 Å². The zero-order valence-corrected chi connectivity index (χ0v) is 21.4. The fourth-order valence-electron chi connectivity index (χ4n) is 3.66. The number of aliphatic imine (C=N–C) groups is 1. The van der Waals surface area contributed by atoms with Crippen LogP contribution in [-0.4, -0.2) is 46.8 Å². The van der Waals surface area contributed by atoms with Gasteiger partial charge in [0.25, 0.3) is 0 Å². The SMILES string of the molecule is CN=C(NCCCS(=O)(=O)c1ccccc1)NC(C)c1cccc(N2CCCC2)c1.I. The van der Waals surface area contributed by atoms with E-state index in [-0.39, 0.29) is 35.8 Å². The van der Waals surface area contributed by atoms with Gasteiger partial charge < -0.3 is 15.5 Å². The molecule has 0 saturated carbocycles. The van der Waals surface area contributed by atoms with E-state index in [9.17, 15) is 8.42 Å². The zero-order chi connectivity index (χ0) is 21.4. The van der Waals surface area contributed by atoms with E-state index in [1.165, 1.54) is 24.1 Å². The standard InChI is InChI=1S/C23H32N4O2S.HI/c1-19(20-10-8-11-21(18-20)27-15-6-7-16-27)26-23(24-2)25-14-9-17-30(28,29)22-12-4-3-5-13-22;/h3-5,8,10-13,18-19H,6-7,9,14-17H2,1-2H3,(H2,24,25,26);1H. The zero-order valence-electron chi connectivity index (χ0n) is 18.3. The number of hydrogen-bond acceptors (Lipinski definition) is 4. The van der Waals surface area contributed by atoms with Gasteiger partial charge in [0.05, 0.1) is 16.7 Å². The van der Waals surface area contributed by atoms with Gasteiger partial charge in [-0.1, -0.05) is 30.3 Å². The second kappa shape index (κ2) is 12.3. The Morgan fingerprint density at radius 3 is 2.48 bits per heavy atom. The van der Waals surface area contributed by atoms with Gasteiger partial charge in [0.1, 0.15) is 0 Å². The van der Waals surface area contributed by atoms with Crippen molar-refractivity contribution in [3.8, 4) is 0 Å². The van der Waals surface area contributed by atoms with Crippen molar-refractivity contribution in [3.05, 3.63) is 60.2 Å². The maximum Gasteiger partial charge on any atom is 0.191 e. The Bertz CT molecular complexity index is 945.